The van der Waals surface area contributed by atoms with Crippen LogP contribution in [0.4, 0.5) is 0 Å². The standard InChI is InChI=1S/C17H19BrINO3/c1-17(2,3)23-15(16(21)22-4)13-12(9-18)20-11-8-6-5-7-10(11)14(13)19/h5-8,15H,9H2,1-4H3/t15-/m0/s1. The summed E-state index contributed by atoms with van der Waals surface area (Å²) in [6.45, 7) is 5.74. The summed E-state index contributed by atoms with van der Waals surface area (Å²) in [6, 6.07) is 7.87. The second-order valence-electron chi connectivity index (χ2n) is 6.07. The number of nitrogens with zero attached hydrogens (tertiary/aromatic N) is 1. The van der Waals surface area contributed by atoms with Gasteiger partial charge in [0.05, 0.1) is 23.9 Å². The molecule has 1 atom stereocenters. The Bertz CT molecular complexity index is 728. The number of para-hydroxylation sites is 1. The van der Waals surface area contributed by atoms with Crippen LogP contribution in [0.15, 0.2) is 24.3 Å². The fourth-order valence-corrected chi connectivity index (χ4v) is 3.77. The molecule has 0 saturated heterocycles. The third kappa shape index (κ3) is 4.22. The molecule has 6 heteroatoms. The molecule has 0 aliphatic carbocycles. The van der Waals surface area contributed by atoms with Crippen LogP contribution in [0.3, 0.4) is 0 Å². The lowest BCUT2D eigenvalue weighted by Crippen LogP contribution is -2.29. The van der Waals surface area contributed by atoms with E-state index in [0.29, 0.717) is 5.33 Å². The van der Waals surface area contributed by atoms with E-state index in [1.165, 1.54) is 7.11 Å². The van der Waals surface area contributed by atoms with Gasteiger partial charge in [-0.05, 0) is 49.4 Å². The van der Waals surface area contributed by atoms with Crippen molar-refractivity contribution in [2.75, 3.05) is 7.11 Å². The highest BCUT2D eigenvalue weighted by Gasteiger charge is 2.32. The molecule has 1 aromatic heterocycles. The van der Waals surface area contributed by atoms with E-state index >= 15 is 0 Å². The van der Waals surface area contributed by atoms with Crippen molar-refractivity contribution in [1.29, 1.82) is 0 Å². The number of rotatable bonds is 4. The number of pyridine rings is 1. The first-order chi connectivity index (χ1) is 10.8. The van der Waals surface area contributed by atoms with Crippen LogP contribution < -0.4 is 0 Å². The number of carbonyl (C=O) groups excluding carboxylic acids is 1. The first kappa shape index (κ1) is 18.6. The van der Waals surface area contributed by atoms with Gasteiger partial charge in [-0.3, -0.25) is 4.98 Å². The molecule has 1 heterocycles. The molecule has 0 amide bonds. The summed E-state index contributed by atoms with van der Waals surface area (Å²) in [6.07, 6.45) is -0.809. The maximum Gasteiger partial charge on any atom is 0.339 e. The highest BCUT2D eigenvalue weighted by atomic mass is 127. The lowest BCUT2D eigenvalue weighted by atomic mass is 10.0. The molecular formula is C17H19BrINO3. The normalized spacial score (nSPS) is 13.1. The predicted octanol–water partition coefficient (Wildman–Crippen LogP) is 4.76. The topological polar surface area (TPSA) is 48.4 Å². The lowest BCUT2D eigenvalue weighted by Gasteiger charge is -2.28. The fourth-order valence-electron chi connectivity index (χ4n) is 2.29. The predicted molar refractivity (Wildman–Crippen MR) is 103 cm³/mol. The summed E-state index contributed by atoms with van der Waals surface area (Å²) in [5.41, 5.74) is 1.96. The second-order valence-corrected chi connectivity index (χ2v) is 7.71. The molecule has 2 aromatic rings. The van der Waals surface area contributed by atoms with E-state index in [2.05, 4.69) is 43.5 Å². The van der Waals surface area contributed by atoms with Crippen molar-refractivity contribution >= 4 is 55.4 Å². The third-order valence-electron chi connectivity index (χ3n) is 3.22. The first-order valence-corrected chi connectivity index (χ1v) is 9.37. The van der Waals surface area contributed by atoms with E-state index in [1.54, 1.807) is 0 Å². The van der Waals surface area contributed by atoms with Crippen LogP contribution >= 0.6 is 38.5 Å². The van der Waals surface area contributed by atoms with Crippen LogP contribution in [0.5, 0.6) is 0 Å². The summed E-state index contributed by atoms with van der Waals surface area (Å²) in [5, 5.41) is 1.53. The molecule has 0 saturated carbocycles. The smallest absolute Gasteiger partial charge is 0.339 e. The number of carbonyl (C=O) groups is 1. The van der Waals surface area contributed by atoms with Crippen LogP contribution in [0.2, 0.25) is 0 Å². The molecular weight excluding hydrogens is 473 g/mol. The van der Waals surface area contributed by atoms with E-state index in [4.69, 9.17) is 9.47 Å². The van der Waals surface area contributed by atoms with E-state index in [9.17, 15) is 4.79 Å². The molecule has 0 spiro atoms. The molecule has 2 rings (SSSR count). The van der Waals surface area contributed by atoms with Crippen molar-refractivity contribution < 1.29 is 14.3 Å². The summed E-state index contributed by atoms with van der Waals surface area (Å²) in [7, 11) is 1.37. The Morgan fingerprint density at radius 2 is 2.00 bits per heavy atom. The SMILES string of the molecule is COC(=O)[C@@H](OC(C)(C)C)c1c(CBr)nc2ccccc2c1I. The number of alkyl halides is 1. The second kappa shape index (κ2) is 7.44. The molecule has 1 aromatic carbocycles. The summed E-state index contributed by atoms with van der Waals surface area (Å²) < 4.78 is 11.9. The van der Waals surface area contributed by atoms with Crippen LogP contribution in [-0.2, 0) is 19.6 Å². The van der Waals surface area contributed by atoms with E-state index in [-0.39, 0.29) is 0 Å². The summed E-state index contributed by atoms with van der Waals surface area (Å²) in [5.74, 6) is -0.419. The number of hydrogen-bond acceptors (Lipinski definition) is 4. The maximum absolute atomic E-state index is 12.4. The molecule has 0 N–H and O–H groups in total. The monoisotopic (exact) mass is 491 g/mol. The Kier molecular flexibility index (Phi) is 6.02. The average molecular weight is 492 g/mol. The lowest BCUT2D eigenvalue weighted by molar-refractivity contribution is -0.164. The Balaban J connectivity index is 2.70. The molecule has 0 aliphatic rings. The number of esters is 1. The van der Waals surface area contributed by atoms with E-state index < -0.39 is 17.7 Å². The molecule has 0 aliphatic heterocycles. The van der Waals surface area contributed by atoms with Gasteiger partial charge in [-0.25, -0.2) is 4.79 Å². The number of ether oxygens (including phenoxy) is 2. The zero-order chi connectivity index (χ0) is 17.2. The van der Waals surface area contributed by atoms with Crippen molar-refractivity contribution in [3.8, 4) is 0 Å². The van der Waals surface area contributed by atoms with Gasteiger partial charge in [0.25, 0.3) is 0 Å². The van der Waals surface area contributed by atoms with Gasteiger partial charge in [-0.1, -0.05) is 34.1 Å². The fraction of sp³-hybridized carbons (Fsp3) is 0.412. The van der Waals surface area contributed by atoms with Crippen LogP contribution in [0, 0.1) is 3.57 Å². The quantitative estimate of drug-likeness (QED) is 0.351. The first-order valence-electron chi connectivity index (χ1n) is 7.17. The molecule has 124 valence electrons. The van der Waals surface area contributed by atoms with Crippen LogP contribution in [0.1, 0.15) is 38.1 Å². The van der Waals surface area contributed by atoms with Crippen molar-refractivity contribution in [3.05, 3.63) is 39.1 Å². The van der Waals surface area contributed by atoms with Gasteiger partial charge in [0, 0.05) is 19.8 Å². The van der Waals surface area contributed by atoms with Crippen LogP contribution in [0.25, 0.3) is 10.9 Å². The molecule has 4 nitrogen and oxygen atoms in total. The largest absolute Gasteiger partial charge is 0.467 e. The van der Waals surface area contributed by atoms with E-state index in [1.807, 2.05) is 45.0 Å². The van der Waals surface area contributed by atoms with Gasteiger partial charge >= 0.3 is 5.97 Å². The maximum atomic E-state index is 12.4. The van der Waals surface area contributed by atoms with Gasteiger partial charge in [0.2, 0.25) is 0 Å². The van der Waals surface area contributed by atoms with E-state index in [0.717, 1.165) is 25.7 Å². The highest BCUT2D eigenvalue weighted by Crippen LogP contribution is 2.35. The van der Waals surface area contributed by atoms with Crippen LogP contribution in [-0.4, -0.2) is 23.7 Å². The molecule has 23 heavy (non-hydrogen) atoms. The highest BCUT2D eigenvalue weighted by molar-refractivity contribution is 14.1. The third-order valence-corrected chi connectivity index (χ3v) is 4.91. The van der Waals surface area contributed by atoms with Gasteiger partial charge in [0.15, 0.2) is 6.10 Å². The molecule has 0 bridgehead atoms. The minimum atomic E-state index is -0.809. The van der Waals surface area contributed by atoms with Crippen molar-refractivity contribution in [2.24, 2.45) is 0 Å². The minimum absolute atomic E-state index is 0.419. The van der Waals surface area contributed by atoms with Gasteiger partial charge in [0.1, 0.15) is 0 Å². The Morgan fingerprint density at radius 3 is 2.57 bits per heavy atom. The Hall–Kier alpha value is -0.730. The Labute approximate surface area is 158 Å². The number of aromatic nitrogens is 1. The van der Waals surface area contributed by atoms with Crippen molar-refractivity contribution in [2.45, 2.75) is 37.8 Å². The Morgan fingerprint density at radius 1 is 1.35 bits per heavy atom. The number of methoxy groups -OCH3 is 1. The average Bonchev–Trinajstić information content (AvgIpc) is 2.51. The summed E-state index contributed by atoms with van der Waals surface area (Å²) in [4.78, 5) is 17.0. The van der Waals surface area contributed by atoms with Gasteiger partial charge < -0.3 is 9.47 Å². The zero-order valence-electron chi connectivity index (χ0n) is 13.5. The number of fused-ring (bicyclic) bond motifs is 1. The number of hydrogen-bond donors (Lipinski definition) is 0. The van der Waals surface area contributed by atoms with Crippen molar-refractivity contribution in [3.63, 3.8) is 0 Å². The van der Waals surface area contributed by atoms with Gasteiger partial charge in [-0.2, -0.15) is 0 Å². The molecule has 0 radical (unpaired) electrons. The van der Waals surface area contributed by atoms with Gasteiger partial charge in [-0.15, -0.1) is 0 Å². The number of halogens is 2. The summed E-state index contributed by atoms with van der Waals surface area (Å²) >= 11 is 5.73. The van der Waals surface area contributed by atoms with Crippen molar-refractivity contribution in [1.82, 2.24) is 4.98 Å². The molecule has 0 fully saturated rings. The molecule has 0 unspecified atom stereocenters. The minimum Gasteiger partial charge on any atom is -0.467 e. The zero-order valence-corrected chi connectivity index (χ0v) is 17.3. The number of benzene rings is 1.